The van der Waals surface area contributed by atoms with E-state index in [1.54, 1.807) is 0 Å². The molecule has 7 heteroatoms. The van der Waals surface area contributed by atoms with Crippen LogP contribution < -0.4 is 4.90 Å². The first-order valence-electron chi connectivity index (χ1n) is 10.4. The van der Waals surface area contributed by atoms with Crippen LogP contribution in [0, 0.1) is 20.8 Å². The van der Waals surface area contributed by atoms with Crippen molar-refractivity contribution in [1.29, 1.82) is 0 Å². The zero-order valence-corrected chi connectivity index (χ0v) is 18.4. The van der Waals surface area contributed by atoms with E-state index in [0.717, 1.165) is 23.2 Å². The molecule has 1 unspecified atom stereocenters. The fourth-order valence-corrected chi connectivity index (χ4v) is 6.54. The molecule has 156 valence electrons. The molecule has 1 aromatic carbocycles. The van der Waals surface area contributed by atoms with Crippen LogP contribution in [-0.4, -0.2) is 68.8 Å². The van der Waals surface area contributed by atoms with Crippen LogP contribution in [-0.2, 0) is 14.8 Å². The number of benzene rings is 1. The average Bonchev–Trinajstić information content (AvgIpc) is 2.62. The molecule has 0 aliphatic carbocycles. The van der Waals surface area contributed by atoms with Crippen LogP contribution in [0.4, 0.5) is 0 Å². The van der Waals surface area contributed by atoms with E-state index in [1.807, 2.05) is 37.8 Å². The van der Waals surface area contributed by atoms with Gasteiger partial charge in [0.05, 0.1) is 17.5 Å². The van der Waals surface area contributed by atoms with Gasteiger partial charge < -0.3 is 9.80 Å². The van der Waals surface area contributed by atoms with Crippen LogP contribution in [0.3, 0.4) is 0 Å². The van der Waals surface area contributed by atoms with Gasteiger partial charge in [-0.2, -0.15) is 4.31 Å². The number of quaternary nitrogens is 1. The minimum absolute atomic E-state index is 0.156. The van der Waals surface area contributed by atoms with Gasteiger partial charge in [-0.25, -0.2) is 8.42 Å². The zero-order valence-electron chi connectivity index (χ0n) is 17.6. The van der Waals surface area contributed by atoms with E-state index >= 15 is 0 Å². The summed E-state index contributed by atoms with van der Waals surface area (Å²) in [6.45, 7) is 11.2. The Labute approximate surface area is 169 Å². The summed E-state index contributed by atoms with van der Waals surface area (Å²) in [5, 5.41) is 0. The summed E-state index contributed by atoms with van der Waals surface area (Å²) in [7, 11) is -3.54. The zero-order chi connectivity index (χ0) is 20.5. The molecule has 0 saturated carbocycles. The van der Waals surface area contributed by atoms with Crippen molar-refractivity contribution in [2.75, 3.05) is 39.3 Å². The molecule has 0 radical (unpaired) electrons. The lowest BCUT2D eigenvalue weighted by Crippen LogP contribution is -3.17. The van der Waals surface area contributed by atoms with Gasteiger partial charge in [0.15, 0.2) is 6.54 Å². The first kappa shape index (κ1) is 21.3. The summed E-state index contributed by atoms with van der Waals surface area (Å²) in [6, 6.07) is 4.37. The molecule has 2 fully saturated rings. The Morgan fingerprint density at radius 1 is 1.07 bits per heavy atom. The number of carbonyl (C=O) groups excluding carboxylic acids is 1. The fourth-order valence-electron chi connectivity index (χ4n) is 4.70. The van der Waals surface area contributed by atoms with E-state index in [2.05, 4.69) is 6.92 Å². The highest BCUT2D eigenvalue weighted by atomic mass is 32.2. The molecule has 2 heterocycles. The number of hydrogen-bond acceptors (Lipinski definition) is 3. The number of piperazine rings is 1. The van der Waals surface area contributed by atoms with Gasteiger partial charge in [0.2, 0.25) is 10.0 Å². The highest BCUT2D eigenvalue weighted by molar-refractivity contribution is 7.89. The van der Waals surface area contributed by atoms with E-state index in [1.165, 1.54) is 28.5 Å². The molecule has 6 nitrogen and oxygen atoms in total. The van der Waals surface area contributed by atoms with Crippen molar-refractivity contribution in [3.63, 3.8) is 0 Å². The van der Waals surface area contributed by atoms with Gasteiger partial charge in [0.25, 0.3) is 5.91 Å². The van der Waals surface area contributed by atoms with E-state index < -0.39 is 10.0 Å². The van der Waals surface area contributed by atoms with Gasteiger partial charge in [0, 0.05) is 26.2 Å². The second-order valence-corrected chi connectivity index (χ2v) is 10.4. The minimum atomic E-state index is -3.54. The molecule has 1 aromatic rings. The van der Waals surface area contributed by atoms with Gasteiger partial charge in [-0.1, -0.05) is 17.7 Å². The summed E-state index contributed by atoms with van der Waals surface area (Å²) >= 11 is 0. The van der Waals surface area contributed by atoms with Crippen LogP contribution in [0.2, 0.25) is 0 Å². The van der Waals surface area contributed by atoms with Crippen LogP contribution in [0.1, 0.15) is 42.9 Å². The van der Waals surface area contributed by atoms with Crippen molar-refractivity contribution < 1.29 is 18.1 Å². The summed E-state index contributed by atoms with van der Waals surface area (Å²) < 4.78 is 27.9. The summed E-state index contributed by atoms with van der Waals surface area (Å²) in [5.74, 6) is 0.156. The van der Waals surface area contributed by atoms with Crippen molar-refractivity contribution >= 4 is 15.9 Å². The molecule has 1 amide bonds. The molecule has 2 saturated heterocycles. The second-order valence-electron chi connectivity index (χ2n) is 8.49. The number of sulfonamides is 1. The molecule has 2 aliphatic heterocycles. The normalized spacial score (nSPS) is 24.4. The molecule has 28 heavy (non-hydrogen) atoms. The van der Waals surface area contributed by atoms with E-state index in [0.29, 0.717) is 43.7 Å². The third-order valence-electron chi connectivity index (χ3n) is 6.25. The van der Waals surface area contributed by atoms with Gasteiger partial charge in [-0.15, -0.1) is 0 Å². The molecule has 0 aromatic heterocycles. The van der Waals surface area contributed by atoms with E-state index in [4.69, 9.17) is 0 Å². The Hall–Kier alpha value is -1.44. The lowest BCUT2D eigenvalue weighted by molar-refractivity contribution is -0.921. The van der Waals surface area contributed by atoms with Crippen LogP contribution in [0.25, 0.3) is 0 Å². The Kier molecular flexibility index (Phi) is 6.47. The molecule has 3 rings (SSSR count). The Balaban J connectivity index is 1.64. The number of carbonyl (C=O) groups is 1. The smallest absolute Gasteiger partial charge is 0.277 e. The molecule has 2 atom stereocenters. The molecular weight excluding hydrogens is 374 g/mol. The summed E-state index contributed by atoms with van der Waals surface area (Å²) in [4.78, 5) is 16.4. The standard InChI is InChI=1S/C21H33N3O3S/c1-16-13-17(2)21(18(3)14-16)28(26,27)24-11-9-22(10-12-24)20(25)15-23-8-6-5-7-19(23)4/h13-14,19H,5-12,15H2,1-4H3/p+1/t19-/m1/s1. The molecule has 1 N–H and O–H groups in total. The first-order chi connectivity index (χ1) is 13.2. The van der Waals surface area contributed by atoms with E-state index in [-0.39, 0.29) is 5.91 Å². The molecule has 2 aliphatic rings. The third kappa shape index (κ3) is 4.42. The predicted molar refractivity (Wildman–Crippen MR) is 110 cm³/mol. The first-order valence-corrected chi connectivity index (χ1v) is 11.8. The van der Waals surface area contributed by atoms with Crippen molar-refractivity contribution in [3.05, 3.63) is 28.8 Å². The Morgan fingerprint density at radius 3 is 2.25 bits per heavy atom. The highest BCUT2D eigenvalue weighted by Gasteiger charge is 2.33. The van der Waals surface area contributed by atoms with Gasteiger partial charge in [0.1, 0.15) is 0 Å². The molecule has 0 bridgehead atoms. The quantitative estimate of drug-likeness (QED) is 0.805. The maximum atomic E-state index is 13.2. The third-order valence-corrected chi connectivity index (χ3v) is 8.46. The minimum Gasteiger partial charge on any atom is -0.335 e. The van der Waals surface area contributed by atoms with Crippen molar-refractivity contribution in [1.82, 2.24) is 9.21 Å². The number of aryl methyl sites for hydroxylation is 3. The summed E-state index contributed by atoms with van der Waals surface area (Å²) in [5.41, 5.74) is 2.65. The maximum Gasteiger partial charge on any atom is 0.277 e. The number of nitrogens with zero attached hydrogens (tertiary/aromatic N) is 2. The number of rotatable bonds is 4. The average molecular weight is 409 g/mol. The maximum absolute atomic E-state index is 13.2. The van der Waals surface area contributed by atoms with Gasteiger partial charge >= 0.3 is 0 Å². The number of nitrogens with one attached hydrogen (secondary N) is 1. The second kappa shape index (κ2) is 8.51. The number of piperidine rings is 1. The number of amides is 1. The number of likely N-dealkylation sites (tertiary alicyclic amines) is 1. The lowest BCUT2D eigenvalue weighted by atomic mass is 10.0. The van der Waals surface area contributed by atoms with Crippen LogP contribution in [0.15, 0.2) is 17.0 Å². The SMILES string of the molecule is Cc1cc(C)c(S(=O)(=O)N2CCN(C(=O)C[NH+]3CCCC[C@H]3C)CC2)c(C)c1. The van der Waals surface area contributed by atoms with Gasteiger partial charge in [-0.3, -0.25) is 4.79 Å². The molecular formula is C21H34N3O3S+. The van der Waals surface area contributed by atoms with Crippen molar-refractivity contribution in [2.45, 2.75) is 57.9 Å². The monoisotopic (exact) mass is 408 g/mol. The Bertz CT molecular complexity index is 806. The largest absolute Gasteiger partial charge is 0.335 e. The van der Waals surface area contributed by atoms with Crippen molar-refractivity contribution in [3.8, 4) is 0 Å². The topological polar surface area (TPSA) is 62.1 Å². The van der Waals surface area contributed by atoms with Crippen LogP contribution >= 0.6 is 0 Å². The highest BCUT2D eigenvalue weighted by Crippen LogP contribution is 2.26. The van der Waals surface area contributed by atoms with E-state index in [9.17, 15) is 13.2 Å². The van der Waals surface area contributed by atoms with Crippen molar-refractivity contribution in [2.24, 2.45) is 0 Å². The molecule has 0 spiro atoms. The lowest BCUT2D eigenvalue weighted by Gasteiger charge is -2.36. The summed E-state index contributed by atoms with van der Waals surface area (Å²) in [6.07, 6.45) is 3.63. The van der Waals surface area contributed by atoms with Crippen LogP contribution in [0.5, 0.6) is 0 Å². The predicted octanol–water partition coefficient (Wildman–Crippen LogP) is 0.902. The van der Waals surface area contributed by atoms with Gasteiger partial charge in [-0.05, 0) is 58.1 Å². The number of hydrogen-bond donors (Lipinski definition) is 1. The Morgan fingerprint density at radius 2 is 1.68 bits per heavy atom. The fraction of sp³-hybridized carbons (Fsp3) is 0.667.